The van der Waals surface area contributed by atoms with E-state index in [0.717, 1.165) is 5.52 Å². The van der Waals surface area contributed by atoms with Gasteiger partial charge in [0.15, 0.2) is 5.82 Å². The van der Waals surface area contributed by atoms with Crippen molar-refractivity contribution >= 4 is 23.1 Å². The lowest BCUT2D eigenvalue weighted by Gasteiger charge is -2.20. The van der Waals surface area contributed by atoms with Gasteiger partial charge in [-0.05, 0) is 37.1 Å². The van der Waals surface area contributed by atoms with Gasteiger partial charge in [0.05, 0.1) is 16.5 Å². The van der Waals surface area contributed by atoms with Crippen molar-refractivity contribution in [3.8, 4) is 11.5 Å². The molecule has 3 N–H and O–H groups in total. The SMILES string of the molecule is CC[C@@]1(C)C(=O)Nc2nc(-c3nc(Cc4ccccc4F)n4ccccc34)nc(N)c21. The zero-order chi connectivity index (χ0) is 21.8. The van der Waals surface area contributed by atoms with E-state index in [1.165, 1.54) is 6.07 Å². The molecule has 3 aromatic heterocycles. The summed E-state index contributed by atoms with van der Waals surface area (Å²) in [5, 5.41) is 2.84. The van der Waals surface area contributed by atoms with Crippen molar-refractivity contribution in [2.45, 2.75) is 32.1 Å². The Morgan fingerprint density at radius 3 is 2.68 bits per heavy atom. The molecule has 156 valence electrons. The second-order valence-corrected chi connectivity index (χ2v) is 7.90. The first kappa shape index (κ1) is 19.2. The number of amides is 1. The molecule has 31 heavy (non-hydrogen) atoms. The number of carbonyl (C=O) groups excluding carboxylic acids is 1. The number of nitrogen functional groups attached to an aromatic ring is 1. The molecule has 0 spiro atoms. The van der Waals surface area contributed by atoms with Crippen molar-refractivity contribution in [1.82, 2.24) is 19.4 Å². The van der Waals surface area contributed by atoms with Crippen LogP contribution in [0, 0.1) is 5.82 Å². The average molecular weight is 416 g/mol. The standard InChI is InChI=1S/C23H21FN6O/c1-3-23(2)17-19(25)27-21(28-20(17)29-22(23)31)18-15-10-6-7-11-30(15)16(26-18)12-13-8-4-5-9-14(13)24/h4-11H,3,12H2,1-2H3,(H3,25,27,28,29,31)/t23-/m1/s1. The Hall–Kier alpha value is -3.81. The molecule has 0 saturated heterocycles. The van der Waals surface area contributed by atoms with E-state index < -0.39 is 5.41 Å². The summed E-state index contributed by atoms with van der Waals surface area (Å²) in [7, 11) is 0. The summed E-state index contributed by atoms with van der Waals surface area (Å²) in [4.78, 5) is 26.4. The van der Waals surface area contributed by atoms with Crippen LogP contribution >= 0.6 is 0 Å². The summed E-state index contributed by atoms with van der Waals surface area (Å²) in [6.45, 7) is 3.77. The van der Waals surface area contributed by atoms with Crippen LogP contribution in [0.4, 0.5) is 16.0 Å². The number of hydrogen-bond donors (Lipinski definition) is 2. The molecule has 4 aromatic rings. The number of benzene rings is 1. The predicted molar refractivity (Wildman–Crippen MR) is 116 cm³/mol. The molecule has 1 atom stereocenters. The maximum atomic E-state index is 14.2. The van der Waals surface area contributed by atoms with Crippen molar-refractivity contribution in [2.24, 2.45) is 0 Å². The predicted octanol–water partition coefficient (Wildman–Crippen LogP) is 3.72. The lowest BCUT2D eigenvalue weighted by atomic mass is 9.82. The van der Waals surface area contributed by atoms with E-state index in [9.17, 15) is 9.18 Å². The van der Waals surface area contributed by atoms with Gasteiger partial charge < -0.3 is 15.5 Å². The van der Waals surface area contributed by atoms with Gasteiger partial charge in [-0.3, -0.25) is 4.79 Å². The number of fused-ring (bicyclic) bond motifs is 2. The van der Waals surface area contributed by atoms with Crippen LogP contribution in [0.1, 0.15) is 37.2 Å². The van der Waals surface area contributed by atoms with E-state index in [2.05, 4.69) is 15.3 Å². The van der Waals surface area contributed by atoms with Crippen LogP contribution in [0.2, 0.25) is 0 Å². The van der Waals surface area contributed by atoms with E-state index in [-0.39, 0.29) is 17.5 Å². The normalized spacial score (nSPS) is 17.7. The third kappa shape index (κ3) is 2.86. The molecule has 1 aromatic carbocycles. The fraction of sp³-hybridized carbons (Fsp3) is 0.217. The first-order valence-electron chi connectivity index (χ1n) is 10.1. The van der Waals surface area contributed by atoms with Crippen molar-refractivity contribution in [3.05, 3.63) is 71.4 Å². The molecule has 0 fully saturated rings. The van der Waals surface area contributed by atoms with Crippen molar-refractivity contribution < 1.29 is 9.18 Å². The first-order valence-corrected chi connectivity index (χ1v) is 10.1. The van der Waals surface area contributed by atoms with Gasteiger partial charge in [-0.15, -0.1) is 0 Å². The molecule has 1 aliphatic rings. The Balaban J connectivity index is 1.66. The Bertz CT molecular complexity index is 1350. The molecule has 8 heteroatoms. The highest BCUT2D eigenvalue weighted by Gasteiger charge is 2.44. The first-order chi connectivity index (χ1) is 14.9. The number of pyridine rings is 1. The van der Waals surface area contributed by atoms with Crippen molar-refractivity contribution in [1.29, 1.82) is 0 Å². The minimum atomic E-state index is -0.760. The van der Waals surface area contributed by atoms with Crippen LogP contribution < -0.4 is 11.1 Å². The van der Waals surface area contributed by atoms with Crippen LogP contribution in [0.15, 0.2) is 48.7 Å². The lowest BCUT2D eigenvalue weighted by molar-refractivity contribution is -0.120. The summed E-state index contributed by atoms with van der Waals surface area (Å²) in [6, 6.07) is 12.3. The molecule has 5 rings (SSSR count). The van der Waals surface area contributed by atoms with Gasteiger partial charge in [-0.1, -0.05) is 31.2 Å². The van der Waals surface area contributed by atoms with Gasteiger partial charge in [0.25, 0.3) is 0 Å². The van der Waals surface area contributed by atoms with Gasteiger partial charge in [0.1, 0.15) is 29.0 Å². The number of anilines is 2. The molecular formula is C23H21FN6O. The molecule has 0 saturated carbocycles. The van der Waals surface area contributed by atoms with Gasteiger partial charge in [-0.25, -0.2) is 19.3 Å². The molecule has 0 unspecified atom stereocenters. The number of nitrogens with zero attached hydrogens (tertiary/aromatic N) is 4. The number of aromatic nitrogens is 4. The third-order valence-electron chi connectivity index (χ3n) is 6.07. The summed E-state index contributed by atoms with van der Waals surface area (Å²) in [5.74, 6) is 1.23. The van der Waals surface area contributed by atoms with E-state index in [1.807, 2.05) is 42.6 Å². The number of nitrogens with one attached hydrogen (secondary N) is 1. The Labute approximate surface area is 178 Å². The van der Waals surface area contributed by atoms with Gasteiger partial charge in [-0.2, -0.15) is 0 Å². The maximum Gasteiger partial charge on any atom is 0.236 e. The Morgan fingerprint density at radius 2 is 1.90 bits per heavy atom. The second kappa shape index (κ2) is 6.87. The molecule has 7 nitrogen and oxygen atoms in total. The van der Waals surface area contributed by atoms with E-state index in [1.54, 1.807) is 18.2 Å². The van der Waals surface area contributed by atoms with Crippen molar-refractivity contribution in [2.75, 3.05) is 11.1 Å². The van der Waals surface area contributed by atoms with Crippen molar-refractivity contribution in [3.63, 3.8) is 0 Å². The van der Waals surface area contributed by atoms with Gasteiger partial charge in [0.2, 0.25) is 5.91 Å². The highest BCUT2D eigenvalue weighted by Crippen LogP contribution is 2.42. The fourth-order valence-electron chi connectivity index (χ4n) is 4.12. The molecule has 0 bridgehead atoms. The number of rotatable bonds is 4. The van der Waals surface area contributed by atoms with E-state index >= 15 is 0 Å². The fourth-order valence-corrected chi connectivity index (χ4v) is 4.12. The zero-order valence-corrected chi connectivity index (χ0v) is 17.2. The Morgan fingerprint density at radius 1 is 1.13 bits per heavy atom. The van der Waals surface area contributed by atoms with E-state index in [0.29, 0.717) is 47.1 Å². The second-order valence-electron chi connectivity index (χ2n) is 7.90. The number of carbonyl (C=O) groups is 1. The molecule has 0 aliphatic carbocycles. The highest BCUT2D eigenvalue weighted by atomic mass is 19.1. The smallest absolute Gasteiger partial charge is 0.236 e. The molecule has 0 radical (unpaired) electrons. The van der Waals surface area contributed by atoms with E-state index in [4.69, 9.17) is 10.7 Å². The highest BCUT2D eigenvalue weighted by molar-refractivity contribution is 6.06. The molecule has 1 aliphatic heterocycles. The number of hydrogen-bond acceptors (Lipinski definition) is 5. The molecule has 1 amide bonds. The summed E-state index contributed by atoms with van der Waals surface area (Å²) in [6.07, 6.45) is 2.76. The summed E-state index contributed by atoms with van der Waals surface area (Å²) < 4.78 is 16.1. The minimum absolute atomic E-state index is 0.141. The third-order valence-corrected chi connectivity index (χ3v) is 6.07. The van der Waals surface area contributed by atoms with Crippen LogP contribution in [-0.2, 0) is 16.6 Å². The molecule has 4 heterocycles. The molecular weight excluding hydrogens is 395 g/mol. The maximum absolute atomic E-state index is 14.2. The van der Waals surface area contributed by atoms with Gasteiger partial charge >= 0.3 is 0 Å². The summed E-state index contributed by atoms with van der Waals surface area (Å²) in [5.41, 5.74) is 8.00. The zero-order valence-electron chi connectivity index (χ0n) is 17.2. The van der Waals surface area contributed by atoms with Crippen LogP contribution in [0.3, 0.4) is 0 Å². The van der Waals surface area contributed by atoms with Crippen LogP contribution in [-0.4, -0.2) is 25.3 Å². The average Bonchev–Trinajstić information content (AvgIpc) is 3.25. The quantitative estimate of drug-likeness (QED) is 0.528. The minimum Gasteiger partial charge on any atom is -0.383 e. The van der Waals surface area contributed by atoms with Crippen LogP contribution in [0.25, 0.3) is 17.0 Å². The Kier molecular flexibility index (Phi) is 4.25. The number of halogens is 1. The summed E-state index contributed by atoms with van der Waals surface area (Å²) >= 11 is 0. The lowest BCUT2D eigenvalue weighted by Crippen LogP contribution is -2.30. The number of imidazole rings is 1. The largest absolute Gasteiger partial charge is 0.383 e. The topological polar surface area (TPSA) is 98.2 Å². The van der Waals surface area contributed by atoms with Crippen LogP contribution in [0.5, 0.6) is 0 Å². The number of nitrogens with two attached hydrogens (primary N) is 1. The monoisotopic (exact) mass is 416 g/mol. The van der Waals surface area contributed by atoms with Gasteiger partial charge in [0, 0.05) is 12.6 Å².